The van der Waals surface area contributed by atoms with Crippen molar-refractivity contribution in [2.45, 2.75) is 5.75 Å². The van der Waals surface area contributed by atoms with Gasteiger partial charge in [0.25, 0.3) is 5.91 Å². The van der Waals surface area contributed by atoms with E-state index in [1.54, 1.807) is 24.3 Å². The van der Waals surface area contributed by atoms with Crippen molar-refractivity contribution in [3.63, 3.8) is 0 Å². The number of carbonyl (C=O) groups excluding carboxylic acids is 1. The van der Waals surface area contributed by atoms with Crippen LogP contribution in [0.25, 0.3) is 0 Å². The lowest BCUT2D eigenvalue weighted by molar-refractivity contribution is 0.102. The van der Waals surface area contributed by atoms with E-state index in [0.717, 1.165) is 37.6 Å². The summed E-state index contributed by atoms with van der Waals surface area (Å²) in [5.74, 6) is -0.321. The molecule has 0 radical (unpaired) electrons. The number of sulfone groups is 1. The smallest absolute Gasteiger partial charge is 0.255 e. The minimum Gasteiger partial charge on any atom is -0.367 e. The fraction of sp³-hybridized carbons (Fsp3) is 0.350. The van der Waals surface area contributed by atoms with Gasteiger partial charge in [-0.3, -0.25) is 4.79 Å². The van der Waals surface area contributed by atoms with Crippen molar-refractivity contribution in [1.82, 2.24) is 4.90 Å². The molecule has 144 valence electrons. The van der Waals surface area contributed by atoms with Crippen LogP contribution >= 0.6 is 0 Å². The van der Waals surface area contributed by atoms with E-state index in [0.29, 0.717) is 11.1 Å². The average Bonchev–Trinajstić information content (AvgIpc) is 2.62. The molecule has 0 aromatic heterocycles. The molecule has 2 aromatic rings. The van der Waals surface area contributed by atoms with Gasteiger partial charge in [-0.25, -0.2) is 8.42 Å². The summed E-state index contributed by atoms with van der Waals surface area (Å²) < 4.78 is 23.0. The Kier molecular flexibility index (Phi) is 5.82. The highest BCUT2D eigenvalue weighted by atomic mass is 32.2. The second-order valence-electron chi connectivity index (χ2n) is 7.03. The monoisotopic (exact) mass is 387 g/mol. The van der Waals surface area contributed by atoms with E-state index in [2.05, 4.69) is 22.2 Å². The minimum atomic E-state index is -3.15. The van der Waals surface area contributed by atoms with E-state index in [4.69, 9.17) is 0 Å². The quantitative estimate of drug-likeness (QED) is 0.852. The summed E-state index contributed by atoms with van der Waals surface area (Å²) in [6, 6.07) is 14.5. The van der Waals surface area contributed by atoms with Gasteiger partial charge in [0.2, 0.25) is 0 Å². The Labute approximate surface area is 160 Å². The number of carbonyl (C=O) groups is 1. The molecule has 1 fully saturated rings. The first-order valence-electron chi connectivity index (χ1n) is 8.92. The van der Waals surface area contributed by atoms with Gasteiger partial charge in [0.15, 0.2) is 9.84 Å². The van der Waals surface area contributed by atoms with Crippen molar-refractivity contribution in [3.8, 4) is 0 Å². The predicted molar refractivity (Wildman–Crippen MR) is 109 cm³/mol. The lowest BCUT2D eigenvalue weighted by Gasteiger charge is -2.35. The fourth-order valence-electron chi connectivity index (χ4n) is 3.20. The van der Waals surface area contributed by atoms with E-state index in [1.165, 1.54) is 6.26 Å². The van der Waals surface area contributed by atoms with E-state index < -0.39 is 9.84 Å². The molecule has 1 aliphatic heterocycles. The molecule has 0 bridgehead atoms. The molecule has 0 aliphatic carbocycles. The molecule has 3 rings (SSSR count). The number of piperazine rings is 1. The number of likely N-dealkylation sites (N-methyl/N-ethyl adjacent to an activating group) is 1. The van der Waals surface area contributed by atoms with Gasteiger partial charge < -0.3 is 15.1 Å². The Balaban J connectivity index is 1.78. The number of hydrogen-bond acceptors (Lipinski definition) is 5. The van der Waals surface area contributed by atoms with Crippen LogP contribution in [-0.2, 0) is 15.6 Å². The number of anilines is 2. The van der Waals surface area contributed by atoms with Gasteiger partial charge in [0.1, 0.15) is 0 Å². The third kappa shape index (κ3) is 5.30. The topological polar surface area (TPSA) is 69.7 Å². The molecule has 2 aromatic carbocycles. The highest BCUT2D eigenvalue weighted by molar-refractivity contribution is 7.89. The first-order valence-corrected chi connectivity index (χ1v) is 11.0. The maximum atomic E-state index is 12.7. The lowest BCUT2D eigenvalue weighted by atomic mass is 10.1. The highest BCUT2D eigenvalue weighted by Crippen LogP contribution is 2.27. The Morgan fingerprint density at radius 2 is 1.74 bits per heavy atom. The zero-order valence-electron chi connectivity index (χ0n) is 15.7. The normalized spacial score (nSPS) is 15.6. The molecule has 1 saturated heterocycles. The Hall–Kier alpha value is -2.38. The van der Waals surface area contributed by atoms with Crippen molar-refractivity contribution in [2.24, 2.45) is 0 Å². The van der Waals surface area contributed by atoms with Crippen LogP contribution in [0.1, 0.15) is 15.9 Å². The molecule has 7 heteroatoms. The van der Waals surface area contributed by atoms with Gasteiger partial charge in [-0.1, -0.05) is 24.3 Å². The van der Waals surface area contributed by atoms with Gasteiger partial charge in [-0.15, -0.1) is 0 Å². The summed E-state index contributed by atoms with van der Waals surface area (Å²) in [5.41, 5.74) is 2.83. The van der Waals surface area contributed by atoms with Gasteiger partial charge in [-0.2, -0.15) is 0 Å². The molecule has 0 saturated carbocycles. The number of para-hydroxylation sites is 2. The Morgan fingerprint density at radius 3 is 2.44 bits per heavy atom. The Bertz CT molecular complexity index is 920. The average molecular weight is 388 g/mol. The summed E-state index contributed by atoms with van der Waals surface area (Å²) in [5, 5.41) is 2.98. The first-order chi connectivity index (χ1) is 12.8. The SMILES string of the molecule is CN1CCN(c2ccccc2NC(=O)c2cccc(CS(C)(=O)=O)c2)CC1. The number of amides is 1. The standard InChI is InChI=1S/C20H25N3O3S/c1-22-10-12-23(13-11-22)19-9-4-3-8-18(19)21-20(24)17-7-5-6-16(14-17)15-27(2,25)26/h3-9,14H,10-13,15H2,1-2H3,(H,21,24). The zero-order valence-corrected chi connectivity index (χ0v) is 16.5. The zero-order chi connectivity index (χ0) is 19.4. The number of nitrogens with one attached hydrogen (secondary N) is 1. The van der Waals surface area contributed by atoms with Crippen LogP contribution in [0.4, 0.5) is 11.4 Å². The van der Waals surface area contributed by atoms with Crippen molar-refractivity contribution >= 4 is 27.1 Å². The van der Waals surface area contributed by atoms with Crippen LogP contribution in [0, 0.1) is 0 Å². The predicted octanol–water partition coefficient (Wildman–Crippen LogP) is 2.24. The fourth-order valence-corrected chi connectivity index (χ4v) is 3.99. The number of nitrogens with zero attached hydrogens (tertiary/aromatic N) is 2. The van der Waals surface area contributed by atoms with Gasteiger partial charge in [-0.05, 0) is 36.9 Å². The number of rotatable bonds is 5. The van der Waals surface area contributed by atoms with Gasteiger partial charge in [0.05, 0.1) is 17.1 Å². The van der Waals surface area contributed by atoms with E-state index in [-0.39, 0.29) is 11.7 Å². The molecule has 6 nitrogen and oxygen atoms in total. The van der Waals surface area contributed by atoms with Crippen LogP contribution in [0.15, 0.2) is 48.5 Å². The maximum absolute atomic E-state index is 12.7. The molecular formula is C20H25N3O3S. The third-order valence-corrected chi connectivity index (χ3v) is 5.47. The van der Waals surface area contributed by atoms with Crippen LogP contribution in [-0.4, -0.2) is 58.7 Å². The molecule has 1 aliphatic rings. The second kappa shape index (κ2) is 8.10. The molecule has 0 unspecified atom stereocenters. The summed E-state index contributed by atoms with van der Waals surface area (Å²) in [7, 11) is -1.04. The summed E-state index contributed by atoms with van der Waals surface area (Å²) in [6.45, 7) is 3.78. The van der Waals surface area contributed by atoms with Crippen molar-refractivity contribution in [2.75, 3.05) is 49.7 Å². The molecule has 0 atom stereocenters. The van der Waals surface area contributed by atoms with Crippen LogP contribution in [0.2, 0.25) is 0 Å². The van der Waals surface area contributed by atoms with Crippen LogP contribution < -0.4 is 10.2 Å². The molecule has 1 amide bonds. The molecule has 27 heavy (non-hydrogen) atoms. The number of hydrogen-bond donors (Lipinski definition) is 1. The third-order valence-electron chi connectivity index (χ3n) is 4.61. The summed E-state index contributed by atoms with van der Waals surface area (Å²) in [4.78, 5) is 17.3. The molecule has 0 spiro atoms. The van der Waals surface area contributed by atoms with Gasteiger partial charge >= 0.3 is 0 Å². The lowest BCUT2D eigenvalue weighted by Crippen LogP contribution is -2.44. The van der Waals surface area contributed by atoms with E-state index in [1.807, 2.05) is 24.3 Å². The van der Waals surface area contributed by atoms with Gasteiger partial charge in [0, 0.05) is 38.0 Å². The van der Waals surface area contributed by atoms with Crippen molar-refractivity contribution in [3.05, 3.63) is 59.7 Å². The first kappa shape index (κ1) is 19.4. The second-order valence-corrected chi connectivity index (χ2v) is 9.17. The molecule has 1 heterocycles. The molecule has 1 N–H and O–H groups in total. The largest absolute Gasteiger partial charge is 0.367 e. The summed E-state index contributed by atoms with van der Waals surface area (Å²) in [6.07, 6.45) is 1.19. The van der Waals surface area contributed by atoms with Crippen molar-refractivity contribution in [1.29, 1.82) is 0 Å². The van der Waals surface area contributed by atoms with Crippen LogP contribution in [0.3, 0.4) is 0 Å². The van der Waals surface area contributed by atoms with Crippen LogP contribution in [0.5, 0.6) is 0 Å². The number of benzene rings is 2. The van der Waals surface area contributed by atoms with E-state index >= 15 is 0 Å². The summed E-state index contributed by atoms with van der Waals surface area (Å²) >= 11 is 0. The maximum Gasteiger partial charge on any atom is 0.255 e. The minimum absolute atomic E-state index is 0.0774. The molecular weight excluding hydrogens is 362 g/mol. The Morgan fingerprint density at radius 1 is 1.04 bits per heavy atom. The van der Waals surface area contributed by atoms with E-state index in [9.17, 15) is 13.2 Å². The highest BCUT2D eigenvalue weighted by Gasteiger charge is 2.18. The van der Waals surface area contributed by atoms with Crippen molar-refractivity contribution < 1.29 is 13.2 Å².